The highest BCUT2D eigenvalue weighted by atomic mass is 35.5. The fraction of sp³-hybridized carbons (Fsp3) is 0. The van der Waals surface area contributed by atoms with E-state index < -0.39 is 11.9 Å². The average molecular weight is 286 g/mol. The molecule has 0 unspecified atom stereocenters. The van der Waals surface area contributed by atoms with Crippen molar-refractivity contribution >= 4 is 29.2 Å². The molecule has 0 radical (unpaired) electrons. The number of hydrogen-bond acceptors (Lipinski definition) is 2. The Morgan fingerprint density at radius 3 is 2.56 bits per heavy atom. The number of aromatic nitrogens is 1. The van der Waals surface area contributed by atoms with Crippen LogP contribution in [0.2, 0.25) is 10.0 Å². The van der Waals surface area contributed by atoms with E-state index in [1.54, 1.807) is 0 Å². The summed E-state index contributed by atoms with van der Waals surface area (Å²) in [7, 11) is 0. The van der Waals surface area contributed by atoms with Crippen LogP contribution in [0.3, 0.4) is 0 Å². The van der Waals surface area contributed by atoms with E-state index in [0.29, 0.717) is 10.6 Å². The number of aromatic carboxylic acids is 1. The van der Waals surface area contributed by atoms with E-state index in [9.17, 15) is 9.18 Å². The third kappa shape index (κ3) is 2.44. The standard InChI is InChI=1S/C12H6Cl2FNO2/c13-6-1-2-7(9(14)5-6)11-8(12(17)18)3-4-10(15)16-11/h1-5H,(H,17,18). The molecule has 0 saturated heterocycles. The number of carboxylic acids is 1. The molecule has 18 heavy (non-hydrogen) atoms. The first-order valence-corrected chi connectivity index (χ1v) is 5.60. The molecule has 2 aromatic rings. The van der Waals surface area contributed by atoms with Crippen LogP contribution in [0.1, 0.15) is 10.4 Å². The molecule has 1 aromatic carbocycles. The Bertz CT molecular complexity index is 631. The summed E-state index contributed by atoms with van der Waals surface area (Å²) in [4.78, 5) is 14.6. The molecule has 3 nitrogen and oxygen atoms in total. The molecule has 6 heteroatoms. The van der Waals surface area contributed by atoms with Crippen molar-refractivity contribution < 1.29 is 14.3 Å². The number of halogens is 3. The SMILES string of the molecule is O=C(O)c1ccc(F)nc1-c1ccc(Cl)cc1Cl. The maximum absolute atomic E-state index is 13.1. The molecule has 0 fully saturated rings. The smallest absolute Gasteiger partial charge is 0.337 e. The van der Waals surface area contributed by atoms with Crippen LogP contribution in [-0.4, -0.2) is 16.1 Å². The van der Waals surface area contributed by atoms with E-state index in [1.807, 2.05) is 0 Å². The van der Waals surface area contributed by atoms with Gasteiger partial charge in [0.1, 0.15) is 0 Å². The molecule has 2 rings (SSSR count). The summed E-state index contributed by atoms with van der Waals surface area (Å²) < 4.78 is 13.1. The van der Waals surface area contributed by atoms with E-state index in [-0.39, 0.29) is 16.3 Å². The van der Waals surface area contributed by atoms with Crippen LogP contribution in [0.15, 0.2) is 30.3 Å². The van der Waals surface area contributed by atoms with Crippen LogP contribution in [0.25, 0.3) is 11.3 Å². The van der Waals surface area contributed by atoms with E-state index in [4.69, 9.17) is 28.3 Å². The quantitative estimate of drug-likeness (QED) is 0.852. The maximum Gasteiger partial charge on any atom is 0.337 e. The number of carboxylic acid groups (broad SMARTS) is 1. The number of rotatable bonds is 2. The van der Waals surface area contributed by atoms with Gasteiger partial charge in [-0.2, -0.15) is 4.39 Å². The number of pyridine rings is 1. The van der Waals surface area contributed by atoms with Crippen molar-refractivity contribution in [1.82, 2.24) is 4.98 Å². The van der Waals surface area contributed by atoms with Crippen LogP contribution in [0.5, 0.6) is 0 Å². The summed E-state index contributed by atoms with van der Waals surface area (Å²) in [6, 6.07) is 6.60. The van der Waals surface area contributed by atoms with Crippen molar-refractivity contribution in [3.05, 3.63) is 51.9 Å². The second-order valence-electron chi connectivity index (χ2n) is 3.46. The Hall–Kier alpha value is -1.65. The monoisotopic (exact) mass is 285 g/mol. The van der Waals surface area contributed by atoms with Crippen LogP contribution < -0.4 is 0 Å². The van der Waals surface area contributed by atoms with E-state index >= 15 is 0 Å². The summed E-state index contributed by atoms with van der Waals surface area (Å²) >= 11 is 11.7. The van der Waals surface area contributed by atoms with Crippen LogP contribution in [0.4, 0.5) is 4.39 Å². The van der Waals surface area contributed by atoms with Crippen molar-refractivity contribution in [2.75, 3.05) is 0 Å². The summed E-state index contributed by atoms with van der Waals surface area (Å²) in [5.74, 6) is -1.98. The average Bonchev–Trinajstić information content (AvgIpc) is 2.28. The minimum atomic E-state index is -1.21. The highest BCUT2D eigenvalue weighted by molar-refractivity contribution is 6.36. The molecule has 92 valence electrons. The highest BCUT2D eigenvalue weighted by Gasteiger charge is 2.16. The molecular formula is C12H6Cl2FNO2. The van der Waals surface area contributed by atoms with Gasteiger partial charge in [-0.25, -0.2) is 9.78 Å². The van der Waals surface area contributed by atoms with Crippen molar-refractivity contribution in [2.45, 2.75) is 0 Å². The summed E-state index contributed by atoms with van der Waals surface area (Å²) in [5.41, 5.74) is 0.169. The fourth-order valence-electron chi connectivity index (χ4n) is 1.49. The third-order valence-electron chi connectivity index (χ3n) is 2.28. The zero-order chi connectivity index (χ0) is 13.3. The normalized spacial score (nSPS) is 10.4. The van der Waals surface area contributed by atoms with Gasteiger partial charge in [-0.05, 0) is 30.3 Å². The van der Waals surface area contributed by atoms with Gasteiger partial charge in [-0.1, -0.05) is 23.2 Å². The minimum Gasteiger partial charge on any atom is -0.478 e. The molecule has 1 heterocycles. The minimum absolute atomic E-state index is 0.0239. The van der Waals surface area contributed by atoms with E-state index in [1.165, 1.54) is 18.2 Å². The van der Waals surface area contributed by atoms with Crippen molar-refractivity contribution in [1.29, 1.82) is 0 Å². The Kier molecular flexibility index (Phi) is 3.50. The Balaban J connectivity index is 2.69. The zero-order valence-corrected chi connectivity index (χ0v) is 10.3. The van der Waals surface area contributed by atoms with Crippen LogP contribution >= 0.6 is 23.2 Å². The number of carbonyl (C=O) groups is 1. The molecule has 0 aliphatic carbocycles. The predicted octanol–water partition coefficient (Wildman–Crippen LogP) is 3.89. The van der Waals surface area contributed by atoms with Crippen LogP contribution in [0, 0.1) is 5.95 Å². The van der Waals surface area contributed by atoms with Gasteiger partial charge in [-0.3, -0.25) is 0 Å². The third-order valence-corrected chi connectivity index (χ3v) is 2.83. The maximum atomic E-state index is 13.1. The second kappa shape index (κ2) is 4.92. The number of benzene rings is 1. The molecule has 0 aliphatic rings. The first-order valence-electron chi connectivity index (χ1n) is 4.84. The van der Waals surface area contributed by atoms with Gasteiger partial charge in [0.15, 0.2) is 0 Å². The number of hydrogen-bond donors (Lipinski definition) is 1. The summed E-state index contributed by atoms with van der Waals surface area (Å²) in [6.45, 7) is 0. The van der Waals surface area contributed by atoms with Gasteiger partial charge in [0, 0.05) is 10.6 Å². The summed E-state index contributed by atoms with van der Waals surface area (Å²) in [6.07, 6.45) is 0. The van der Waals surface area contributed by atoms with E-state index in [0.717, 1.165) is 12.1 Å². The van der Waals surface area contributed by atoms with Crippen LogP contribution in [-0.2, 0) is 0 Å². The Morgan fingerprint density at radius 1 is 1.22 bits per heavy atom. The lowest BCUT2D eigenvalue weighted by Gasteiger charge is -2.07. The van der Waals surface area contributed by atoms with Gasteiger partial charge < -0.3 is 5.11 Å². The first-order chi connectivity index (χ1) is 8.49. The lowest BCUT2D eigenvalue weighted by atomic mass is 10.1. The molecule has 0 saturated carbocycles. The Morgan fingerprint density at radius 2 is 1.94 bits per heavy atom. The lowest BCUT2D eigenvalue weighted by Crippen LogP contribution is -2.03. The van der Waals surface area contributed by atoms with Crippen molar-refractivity contribution in [2.24, 2.45) is 0 Å². The molecule has 0 amide bonds. The van der Waals surface area contributed by atoms with Crippen molar-refractivity contribution in [3.8, 4) is 11.3 Å². The van der Waals surface area contributed by atoms with Gasteiger partial charge in [0.05, 0.1) is 16.3 Å². The van der Waals surface area contributed by atoms with Gasteiger partial charge >= 0.3 is 5.97 Å². The van der Waals surface area contributed by atoms with Gasteiger partial charge in [-0.15, -0.1) is 0 Å². The fourth-order valence-corrected chi connectivity index (χ4v) is 1.99. The van der Waals surface area contributed by atoms with Crippen molar-refractivity contribution in [3.63, 3.8) is 0 Å². The van der Waals surface area contributed by atoms with E-state index in [2.05, 4.69) is 4.98 Å². The lowest BCUT2D eigenvalue weighted by molar-refractivity contribution is 0.0697. The first kappa shape index (κ1) is 12.8. The molecular weight excluding hydrogens is 280 g/mol. The molecule has 0 aliphatic heterocycles. The predicted molar refractivity (Wildman–Crippen MR) is 66.6 cm³/mol. The molecule has 0 bridgehead atoms. The second-order valence-corrected chi connectivity index (χ2v) is 4.30. The molecule has 1 N–H and O–H groups in total. The molecule has 0 atom stereocenters. The molecule has 0 spiro atoms. The topological polar surface area (TPSA) is 50.2 Å². The zero-order valence-electron chi connectivity index (χ0n) is 8.82. The van der Waals surface area contributed by atoms with Gasteiger partial charge in [0.2, 0.25) is 5.95 Å². The summed E-state index contributed by atoms with van der Waals surface area (Å²) in [5, 5.41) is 9.64. The number of nitrogens with zero attached hydrogens (tertiary/aromatic N) is 1. The van der Waals surface area contributed by atoms with Gasteiger partial charge in [0.25, 0.3) is 0 Å². The molecule has 1 aromatic heterocycles. The Labute approximate surface area is 112 Å². The highest BCUT2D eigenvalue weighted by Crippen LogP contribution is 2.31. The largest absolute Gasteiger partial charge is 0.478 e.